The second kappa shape index (κ2) is 12.1. The van der Waals surface area contributed by atoms with Crippen LogP contribution >= 0.6 is 0 Å². The molecule has 0 atom stereocenters. The van der Waals surface area contributed by atoms with Gasteiger partial charge < -0.3 is 8.85 Å². The van der Waals surface area contributed by atoms with Gasteiger partial charge in [0.15, 0.2) is 0 Å². The average Bonchev–Trinajstić information content (AvgIpc) is 2.56. The first kappa shape index (κ1) is 19.6. The fraction of sp³-hybridized carbons (Fsp3) is 0.400. The summed E-state index contributed by atoms with van der Waals surface area (Å²) in [5.74, 6) is 1.26. The molecule has 2 aromatic rings. The van der Waals surface area contributed by atoms with Crippen molar-refractivity contribution in [3.63, 3.8) is 0 Å². The third-order valence-corrected chi connectivity index (χ3v) is 3.75. The summed E-state index contributed by atoms with van der Waals surface area (Å²) in [5, 5.41) is 0. The lowest BCUT2D eigenvalue weighted by molar-refractivity contribution is 0.185. The Morgan fingerprint density at radius 3 is 1.30 bits per heavy atom. The number of hydrogen-bond acceptors (Lipinski definition) is 2. The molecular formula is C20H30O2Si. The van der Waals surface area contributed by atoms with Gasteiger partial charge in [-0.1, -0.05) is 88.4 Å². The van der Waals surface area contributed by atoms with Crippen molar-refractivity contribution in [2.24, 2.45) is 11.8 Å². The maximum Gasteiger partial charge on any atom is 0.304 e. The van der Waals surface area contributed by atoms with E-state index in [2.05, 4.69) is 76.2 Å². The minimum atomic E-state index is -0.674. The van der Waals surface area contributed by atoms with Crippen molar-refractivity contribution in [3.05, 3.63) is 60.7 Å². The monoisotopic (exact) mass is 330 g/mol. The molecule has 2 nitrogen and oxygen atoms in total. The Hall–Kier alpha value is -1.42. The molecule has 23 heavy (non-hydrogen) atoms. The molecule has 0 aromatic heterocycles. The predicted octanol–water partition coefficient (Wildman–Crippen LogP) is 4.68. The van der Waals surface area contributed by atoms with E-state index in [0.717, 1.165) is 13.2 Å². The SMILES string of the molecule is CC(C)CO[SiH2]OCC(C)C.c1ccc(-c2ccccc2)cc1. The molecule has 0 aliphatic heterocycles. The maximum absolute atomic E-state index is 5.36. The Bertz CT molecular complexity index is 450. The van der Waals surface area contributed by atoms with Crippen molar-refractivity contribution in [1.82, 2.24) is 0 Å². The quantitative estimate of drug-likeness (QED) is 0.542. The van der Waals surface area contributed by atoms with Crippen LogP contribution in [0.3, 0.4) is 0 Å². The van der Waals surface area contributed by atoms with Crippen LogP contribution in [0.1, 0.15) is 27.7 Å². The number of rotatable bonds is 7. The van der Waals surface area contributed by atoms with Gasteiger partial charge in [-0.05, 0) is 23.0 Å². The summed E-state index contributed by atoms with van der Waals surface area (Å²) in [4.78, 5) is 0. The zero-order valence-electron chi connectivity index (χ0n) is 14.9. The van der Waals surface area contributed by atoms with E-state index in [1.54, 1.807) is 0 Å². The molecule has 0 radical (unpaired) electrons. The lowest BCUT2D eigenvalue weighted by Gasteiger charge is -2.08. The molecular weight excluding hydrogens is 300 g/mol. The molecule has 0 saturated heterocycles. The molecule has 3 heteroatoms. The van der Waals surface area contributed by atoms with E-state index in [9.17, 15) is 0 Å². The van der Waals surface area contributed by atoms with Crippen LogP contribution < -0.4 is 0 Å². The zero-order chi connectivity index (χ0) is 16.9. The Morgan fingerprint density at radius 2 is 1.00 bits per heavy atom. The first-order chi connectivity index (χ1) is 11.1. The fourth-order valence-electron chi connectivity index (χ4n) is 1.89. The lowest BCUT2D eigenvalue weighted by atomic mass is 10.1. The van der Waals surface area contributed by atoms with Crippen LogP contribution in [0.2, 0.25) is 0 Å². The highest BCUT2D eigenvalue weighted by Crippen LogP contribution is 2.17. The van der Waals surface area contributed by atoms with Gasteiger partial charge in [0.25, 0.3) is 0 Å². The summed E-state index contributed by atoms with van der Waals surface area (Å²) in [6.45, 7) is 10.3. The van der Waals surface area contributed by atoms with Crippen LogP contribution in [0.25, 0.3) is 11.1 Å². The van der Waals surface area contributed by atoms with Crippen LogP contribution in [0.5, 0.6) is 0 Å². The van der Waals surface area contributed by atoms with Crippen LogP contribution in [0.4, 0.5) is 0 Å². The number of hydrogen-bond donors (Lipinski definition) is 0. The largest absolute Gasteiger partial charge is 0.399 e. The summed E-state index contributed by atoms with van der Waals surface area (Å²) >= 11 is 0. The second-order valence-corrected chi connectivity index (χ2v) is 7.43. The molecule has 0 aliphatic rings. The van der Waals surface area contributed by atoms with E-state index < -0.39 is 10.0 Å². The molecule has 0 heterocycles. The minimum absolute atomic E-state index is 0.630. The van der Waals surface area contributed by atoms with E-state index >= 15 is 0 Å². The first-order valence-corrected chi connectivity index (χ1v) is 9.51. The van der Waals surface area contributed by atoms with Crippen molar-refractivity contribution in [2.75, 3.05) is 13.2 Å². The highest BCUT2D eigenvalue weighted by atomic mass is 28.3. The molecule has 0 spiro atoms. The third kappa shape index (κ3) is 10.1. The molecule has 2 aromatic carbocycles. The summed E-state index contributed by atoms with van der Waals surface area (Å²) < 4.78 is 10.7. The third-order valence-electron chi connectivity index (χ3n) is 2.95. The minimum Gasteiger partial charge on any atom is -0.399 e. The zero-order valence-corrected chi connectivity index (χ0v) is 16.3. The standard InChI is InChI=1S/C12H10.C8H20O2Si/c1-3-7-11(8-4-1)12-9-5-2-6-10-12;1-7(2)5-9-11-10-6-8(3)4/h1-10H;7-8H,5-6,11H2,1-4H3. The number of benzene rings is 2. The highest BCUT2D eigenvalue weighted by molar-refractivity contribution is 6.17. The maximum atomic E-state index is 5.36. The van der Waals surface area contributed by atoms with Crippen molar-refractivity contribution in [1.29, 1.82) is 0 Å². The summed E-state index contributed by atoms with van der Waals surface area (Å²) in [5.41, 5.74) is 2.55. The molecule has 0 fully saturated rings. The van der Waals surface area contributed by atoms with Gasteiger partial charge in [-0.2, -0.15) is 0 Å². The van der Waals surface area contributed by atoms with Gasteiger partial charge in [-0.25, -0.2) is 0 Å². The Morgan fingerprint density at radius 1 is 0.652 bits per heavy atom. The molecule has 0 amide bonds. The van der Waals surface area contributed by atoms with Gasteiger partial charge in [-0.3, -0.25) is 0 Å². The van der Waals surface area contributed by atoms with Gasteiger partial charge in [0.1, 0.15) is 0 Å². The molecule has 126 valence electrons. The van der Waals surface area contributed by atoms with Gasteiger partial charge in [0.2, 0.25) is 0 Å². The van der Waals surface area contributed by atoms with Gasteiger partial charge in [0.05, 0.1) is 0 Å². The van der Waals surface area contributed by atoms with E-state index in [0.29, 0.717) is 11.8 Å². The summed E-state index contributed by atoms with van der Waals surface area (Å²) in [6, 6.07) is 20.8. The molecule has 0 saturated carbocycles. The van der Waals surface area contributed by atoms with Gasteiger partial charge in [0, 0.05) is 13.2 Å². The van der Waals surface area contributed by atoms with Crippen LogP contribution in [0.15, 0.2) is 60.7 Å². The summed E-state index contributed by atoms with van der Waals surface area (Å²) in [6.07, 6.45) is 0. The summed E-state index contributed by atoms with van der Waals surface area (Å²) in [7, 11) is -0.674. The molecule has 0 bridgehead atoms. The van der Waals surface area contributed by atoms with Crippen molar-refractivity contribution >= 4 is 10.0 Å². The fourth-order valence-corrected chi connectivity index (χ4v) is 3.14. The molecule has 0 unspecified atom stereocenters. The van der Waals surface area contributed by atoms with E-state index in [1.807, 2.05) is 12.1 Å². The Kier molecular flexibility index (Phi) is 10.3. The van der Waals surface area contributed by atoms with Crippen LogP contribution in [0, 0.1) is 11.8 Å². The van der Waals surface area contributed by atoms with E-state index in [4.69, 9.17) is 8.85 Å². The predicted molar refractivity (Wildman–Crippen MR) is 102 cm³/mol. The van der Waals surface area contributed by atoms with E-state index in [-0.39, 0.29) is 0 Å². The van der Waals surface area contributed by atoms with Gasteiger partial charge >= 0.3 is 10.0 Å². The topological polar surface area (TPSA) is 18.5 Å². The van der Waals surface area contributed by atoms with Gasteiger partial charge in [-0.15, -0.1) is 0 Å². The molecule has 0 aliphatic carbocycles. The Balaban J connectivity index is 0.000000232. The van der Waals surface area contributed by atoms with Crippen molar-refractivity contribution in [2.45, 2.75) is 27.7 Å². The van der Waals surface area contributed by atoms with Crippen molar-refractivity contribution < 1.29 is 8.85 Å². The lowest BCUT2D eigenvalue weighted by Crippen LogP contribution is -2.12. The van der Waals surface area contributed by atoms with Crippen molar-refractivity contribution in [3.8, 4) is 11.1 Å². The molecule has 2 rings (SSSR count). The normalized spacial score (nSPS) is 10.5. The van der Waals surface area contributed by atoms with Crippen LogP contribution in [-0.2, 0) is 8.85 Å². The van der Waals surface area contributed by atoms with E-state index in [1.165, 1.54) is 11.1 Å². The highest BCUT2D eigenvalue weighted by Gasteiger charge is 1.96. The second-order valence-electron chi connectivity index (χ2n) is 6.38. The Labute approximate surface area is 143 Å². The first-order valence-electron chi connectivity index (χ1n) is 8.35. The average molecular weight is 331 g/mol. The smallest absolute Gasteiger partial charge is 0.304 e. The molecule has 0 N–H and O–H groups in total. The van der Waals surface area contributed by atoms with Crippen LogP contribution in [-0.4, -0.2) is 23.2 Å².